The lowest BCUT2D eigenvalue weighted by Crippen LogP contribution is -2.24. The van der Waals surface area contributed by atoms with Gasteiger partial charge in [0.05, 0.1) is 6.10 Å². The Hall–Kier alpha value is -1.81. The lowest BCUT2D eigenvalue weighted by Gasteiger charge is -2.10. The molecule has 1 aliphatic heterocycles. The van der Waals surface area contributed by atoms with Gasteiger partial charge in [0, 0.05) is 25.7 Å². The number of nitrogens with one attached hydrogen (secondary N) is 1. The van der Waals surface area contributed by atoms with E-state index in [1.165, 1.54) is 11.1 Å². The van der Waals surface area contributed by atoms with Crippen LogP contribution in [0.3, 0.4) is 0 Å². The Balaban J connectivity index is 1.73. The highest BCUT2D eigenvalue weighted by Gasteiger charge is 2.13. The second kappa shape index (κ2) is 7.99. The second-order valence-corrected chi connectivity index (χ2v) is 6.14. The SMILES string of the molecule is CC(C)Oc1ccc(CCNC(=O)/C=C2/CCN(C)C2)cc1. The summed E-state index contributed by atoms with van der Waals surface area (Å²) in [6.45, 7) is 6.64. The molecule has 1 amide bonds. The normalized spacial score (nSPS) is 17.2. The van der Waals surface area contributed by atoms with Crippen LogP contribution < -0.4 is 10.1 Å². The van der Waals surface area contributed by atoms with Gasteiger partial charge in [-0.15, -0.1) is 0 Å². The molecule has 4 heteroatoms. The maximum atomic E-state index is 11.8. The van der Waals surface area contributed by atoms with Crippen molar-refractivity contribution in [2.24, 2.45) is 0 Å². The number of nitrogens with zero attached hydrogens (tertiary/aromatic N) is 1. The smallest absolute Gasteiger partial charge is 0.243 e. The zero-order valence-electron chi connectivity index (χ0n) is 13.8. The molecular weight excluding hydrogens is 276 g/mol. The van der Waals surface area contributed by atoms with Crippen LogP contribution in [0, 0.1) is 0 Å². The molecule has 0 spiro atoms. The summed E-state index contributed by atoms with van der Waals surface area (Å²) in [4.78, 5) is 14.1. The fourth-order valence-corrected chi connectivity index (χ4v) is 2.53. The number of carbonyl (C=O) groups is 1. The fraction of sp³-hybridized carbons (Fsp3) is 0.500. The van der Waals surface area contributed by atoms with E-state index in [0.29, 0.717) is 6.54 Å². The average molecular weight is 302 g/mol. The van der Waals surface area contributed by atoms with Crippen LogP contribution in [-0.4, -0.2) is 43.6 Å². The highest BCUT2D eigenvalue weighted by Crippen LogP contribution is 2.14. The standard InChI is InChI=1S/C18H26N2O2/c1-14(2)22-17-6-4-15(5-7-17)8-10-19-18(21)12-16-9-11-20(3)13-16/h4-7,12,14H,8-11,13H2,1-3H3,(H,19,21)/b16-12-. The van der Waals surface area contributed by atoms with Crippen LogP contribution in [0.2, 0.25) is 0 Å². The van der Waals surface area contributed by atoms with Crippen molar-refractivity contribution < 1.29 is 9.53 Å². The molecule has 0 unspecified atom stereocenters. The van der Waals surface area contributed by atoms with Gasteiger partial charge in [-0.1, -0.05) is 12.1 Å². The van der Waals surface area contributed by atoms with Crippen molar-refractivity contribution >= 4 is 5.91 Å². The Bertz CT molecular complexity index is 520. The number of likely N-dealkylation sites (tertiary alicyclic amines) is 1. The molecule has 0 aliphatic carbocycles. The molecule has 0 radical (unpaired) electrons. The van der Waals surface area contributed by atoms with Gasteiger partial charge in [-0.25, -0.2) is 0 Å². The highest BCUT2D eigenvalue weighted by atomic mass is 16.5. The van der Waals surface area contributed by atoms with E-state index in [1.807, 2.05) is 38.1 Å². The van der Waals surface area contributed by atoms with Crippen LogP contribution in [0.15, 0.2) is 35.9 Å². The maximum Gasteiger partial charge on any atom is 0.243 e. The Morgan fingerprint density at radius 1 is 1.36 bits per heavy atom. The van der Waals surface area contributed by atoms with E-state index in [2.05, 4.69) is 17.3 Å². The van der Waals surface area contributed by atoms with Gasteiger partial charge in [-0.2, -0.15) is 0 Å². The van der Waals surface area contributed by atoms with Gasteiger partial charge in [0.1, 0.15) is 5.75 Å². The van der Waals surface area contributed by atoms with Gasteiger partial charge >= 0.3 is 0 Å². The summed E-state index contributed by atoms with van der Waals surface area (Å²) >= 11 is 0. The number of hydrogen-bond acceptors (Lipinski definition) is 3. The summed E-state index contributed by atoms with van der Waals surface area (Å²) in [5.41, 5.74) is 2.42. The van der Waals surface area contributed by atoms with Crippen LogP contribution >= 0.6 is 0 Å². The first kappa shape index (κ1) is 16.6. The van der Waals surface area contributed by atoms with Crippen LogP contribution in [-0.2, 0) is 11.2 Å². The largest absolute Gasteiger partial charge is 0.491 e. The molecule has 0 saturated carbocycles. The van der Waals surface area contributed by atoms with E-state index in [-0.39, 0.29) is 12.0 Å². The Kier molecular flexibility index (Phi) is 6.01. The molecule has 1 aliphatic rings. The van der Waals surface area contributed by atoms with Gasteiger partial charge in [0.2, 0.25) is 5.91 Å². The Morgan fingerprint density at radius 2 is 2.09 bits per heavy atom. The van der Waals surface area contributed by atoms with E-state index in [4.69, 9.17) is 4.74 Å². The van der Waals surface area contributed by atoms with Crippen LogP contribution in [0.25, 0.3) is 0 Å². The van der Waals surface area contributed by atoms with E-state index in [0.717, 1.165) is 31.7 Å². The lowest BCUT2D eigenvalue weighted by atomic mass is 10.1. The number of rotatable bonds is 6. The third-order valence-electron chi connectivity index (χ3n) is 3.63. The van der Waals surface area contributed by atoms with Gasteiger partial charge in [-0.3, -0.25) is 4.79 Å². The van der Waals surface area contributed by atoms with Crippen molar-refractivity contribution in [1.29, 1.82) is 0 Å². The molecule has 1 N–H and O–H groups in total. The monoisotopic (exact) mass is 302 g/mol. The third-order valence-corrected chi connectivity index (χ3v) is 3.63. The summed E-state index contributed by atoms with van der Waals surface area (Å²) in [6, 6.07) is 8.06. The quantitative estimate of drug-likeness (QED) is 0.821. The van der Waals surface area contributed by atoms with Crippen LogP contribution in [0.1, 0.15) is 25.8 Å². The van der Waals surface area contributed by atoms with E-state index in [1.54, 1.807) is 6.08 Å². The van der Waals surface area contributed by atoms with Gasteiger partial charge in [0.15, 0.2) is 0 Å². The summed E-state index contributed by atoms with van der Waals surface area (Å²) in [6.07, 6.45) is 3.77. The fourth-order valence-electron chi connectivity index (χ4n) is 2.53. The van der Waals surface area contributed by atoms with Crippen molar-refractivity contribution in [2.75, 3.05) is 26.7 Å². The van der Waals surface area contributed by atoms with Gasteiger partial charge in [0.25, 0.3) is 0 Å². The minimum atomic E-state index is 0.0186. The maximum absolute atomic E-state index is 11.8. The van der Waals surface area contributed by atoms with Crippen molar-refractivity contribution in [3.8, 4) is 5.75 Å². The van der Waals surface area contributed by atoms with Gasteiger partial charge < -0.3 is 15.0 Å². The minimum Gasteiger partial charge on any atom is -0.491 e. The van der Waals surface area contributed by atoms with E-state index < -0.39 is 0 Å². The molecule has 1 aromatic carbocycles. The zero-order valence-corrected chi connectivity index (χ0v) is 13.8. The molecule has 22 heavy (non-hydrogen) atoms. The molecule has 1 fully saturated rings. The molecule has 1 saturated heterocycles. The number of ether oxygens (including phenoxy) is 1. The molecule has 2 rings (SSSR count). The molecule has 120 valence electrons. The number of amides is 1. The number of carbonyl (C=O) groups excluding carboxylic acids is 1. The molecule has 1 heterocycles. The zero-order chi connectivity index (χ0) is 15.9. The van der Waals surface area contributed by atoms with E-state index in [9.17, 15) is 4.79 Å². The third kappa shape index (κ3) is 5.53. The van der Waals surface area contributed by atoms with Crippen molar-refractivity contribution in [3.63, 3.8) is 0 Å². The molecular formula is C18H26N2O2. The van der Waals surface area contributed by atoms with Crippen molar-refractivity contribution in [1.82, 2.24) is 10.2 Å². The number of likely N-dealkylation sites (N-methyl/N-ethyl adjacent to an activating group) is 1. The number of hydrogen-bond donors (Lipinski definition) is 1. The molecule has 4 nitrogen and oxygen atoms in total. The predicted octanol–water partition coefficient (Wildman–Crippen LogP) is 2.39. The molecule has 0 bridgehead atoms. The molecule has 1 aromatic rings. The van der Waals surface area contributed by atoms with Crippen LogP contribution in [0.5, 0.6) is 5.75 Å². The summed E-state index contributed by atoms with van der Waals surface area (Å²) in [5, 5.41) is 2.95. The van der Waals surface area contributed by atoms with Crippen LogP contribution in [0.4, 0.5) is 0 Å². The van der Waals surface area contributed by atoms with E-state index >= 15 is 0 Å². The first-order chi connectivity index (χ1) is 10.5. The minimum absolute atomic E-state index is 0.0186. The Morgan fingerprint density at radius 3 is 2.68 bits per heavy atom. The first-order valence-corrected chi connectivity index (χ1v) is 7.94. The van der Waals surface area contributed by atoms with Gasteiger partial charge in [-0.05, 0) is 57.0 Å². The average Bonchev–Trinajstić information content (AvgIpc) is 2.85. The number of benzene rings is 1. The topological polar surface area (TPSA) is 41.6 Å². The second-order valence-electron chi connectivity index (χ2n) is 6.14. The van der Waals surface area contributed by atoms with Crippen molar-refractivity contribution in [2.45, 2.75) is 32.8 Å². The lowest BCUT2D eigenvalue weighted by molar-refractivity contribution is -0.116. The Labute approximate surface area is 133 Å². The summed E-state index contributed by atoms with van der Waals surface area (Å²) in [7, 11) is 2.07. The van der Waals surface area contributed by atoms with Crippen molar-refractivity contribution in [3.05, 3.63) is 41.5 Å². The summed E-state index contributed by atoms with van der Waals surface area (Å²) in [5.74, 6) is 0.905. The highest BCUT2D eigenvalue weighted by molar-refractivity contribution is 5.88. The molecule has 0 aromatic heterocycles. The molecule has 0 atom stereocenters. The summed E-state index contributed by atoms with van der Waals surface area (Å²) < 4.78 is 5.61. The first-order valence-electron chi connectivity index (χ1n) is 7.94. The predicted molar refractivity (Wildman–Crippen MR) is 89.1 cm³/mol.